The summed E-state index contributed by atoms with van der Waals surface area (Å²) in [5.41, 5.74) is 7.66. The lowest BCUT2D eigenvalue weighted by atomic mass is 9.90. The van der Waals surface area contributed by atoms with Gasteiger partial charge in [-0.2, -0.15) is 0 Å². The Hall–Kier alpha value is -2.00. The van der Waals surface area contributed by atoms with E-state index in [1.54, 1.807) is 0 Å². The Bertz CT molecular complexity index is 781. The van der Waals surface area contributed by atoms with Crippen molar-refractivity contribution >= 4 is 5.69 Å². The van der Waals surface area contributed by atoms with Crippen molar-refractivity contribution in [3.63, 3.8) is 0 Å². The maximum atomic E-state index is 9.35. The Morgan fingerprint density at radius 3 is 2.46 bits per heavy atom. The molecule has 0 saturated heterocycles. The molecule has 0 unspecified atom stereocenters. The van der Waals surface area contributed by atoms with E-state index in [1.807, 2.05) is 0 Å². The van der Waals surface area contributed by atoms with Gasteiger partial charge in [-0.1, -0.05) is 30.3 Å². The van der Waals surface area contributed by atoms with Crippen molar-refractivity contribution in [1.82, 2.24) is 0 Å². The van der Waals surface area contributed by atoms with Crippen molar-refractivity contribution in [2.75, 3.05) is 18.6 Å². The van der Waals surface area contributed by atoms with E-state index in [1.165, 1.54) is 33.5 Å². The number of rotatable bonds is 6. The molecule has 140 valence electrons. The summed E-state index contributed by atoms with van der Waals surface area (Å²) < 4.78 is 6.34. The normalized spacial score (nSPS) is 14.8. The molecule has 1 aliphatic rings. The van der Waals surface area contributed by atoms with Crippen LogP contribution in [-0.2, 0) is 19.4 Å². The van der Waals surface area contributed by atoms with Crippen LogP contribution in [0.25, 0.3) is 0 Å². The topological polar surface area (TPSA) is 32.7 Å². The number of aliphatic hydroxyl groups is 1. The van der Waals surface area contributed by atoms with E-state index in [2.05, 4.69) is 70.0 Å². The van der Waals surface area contributed by atoms with E-state index in [-0.39, 0.29) is 12.2 Å². The average Bonchev–Trinajstić information content (AvgIpc) is 2.91. The number of hydrogen-bond donors (Lipinski definition) is 1. The number of aliphatic hydroxyl groups excluding tert-OH is 1. The first-order valence-electron chi connectivity index (χ1n) is 9.54. The molecule has 3 nitrogen and oxygen atoms in total. The summed E-state index contributed by atoms with van der Waals surface area (Å²) in [5.74, 6) is 1.07. The number of fused-ring (bicyclic) bond motifs is 1. The van der Waals surface area contributed by atoms with E-state index in [4.69, 9.17) is 4.74 Å². The second-order valence-electron chi connectivity index (χ2n) is 8.09. The van der Waals surface area contributed by atoms with Gasteiger partial charge in [-0.15, -0.1) is 0 Å². The van der Waals surface area contributed by atoms with Gasteiger partial charge in [-0.05, 0) is 62.8 Å². The minimum Gasteiger partial charge on any atom is -0.487 e. The van der Waals surface area contributed by atoms with Gasteiger partial charge >= 0.3 is 0 Å². The molecule has 0 aliphatic carbocycles. The van der Waals surface area contributed by atoms with Crippen molar-refractivity contribution < 1.29 is 9.84 Å². The van der Waals surface area contributed by atoms with Crippen LogP contribution in [-0.4, -0.2) is 24.4 Å². The lowest BCUT2D eigenvalue weighted by molar-refractivity contribution is 0.137. The second-order valence-corrected chi connectivity index (χ2v) is 8.09. The van der Waals surface area contributed by atoms with Gasteiger partial charge < -0.3 is 14.7 Å². The van der Waals surface area contributed by atoms with Crippen molar-refractivity contribution in [2.24, 2.45) is 0 Å². The predicted molar refractivity (Wildman–Crippen MR) is 108 cm³/mol. The van der Waals surface area contributed by atoms with Gasteiger partial charge in [-0.25, -0.2) is 0 Å². The summed E-state index contributed by atoms with van der Waals surface area (Å²) in [6, 6.07) is 10.6. The highest BCUT2D eigenvalue weighted by Gasteiger charge is 2.35. The summed E-state index contributed by atoms with van der Waals surface area (Å²) in [5, 5.41) is 9.35. The quantitative estimate of drug-likeness (QED) is 0.825. The molecule has 26 heavy (non-hydrogen) atoms. The highest BCUT2D eigenvalue weighted by Crippen LogP contribution is 2.46. The van der Waals surface area contributed by atoms with Crippen LogP contribution in [0.15, 0.2) is 30.3 Å². The third-order valence-corrected chi connectivity index (χ3v) is 5.37. The van der Waals surface area contributed by atoms with E-state index >= 15 is 0 Å². The van der Waals surface area contributed by atoms with Crippen LogP contribution < -0.4 is 9.64 Å². The molecule has 0 aromatic heterocycles. The molecule has 1 heterocycles. The minimum absolute atomic E-state index is 0.163. The molecule has 0 fully saturated rings. The van der Waals surface area contributed by atoms with Gasteiger partial charge in [0.1, 0.15) is 11.4 Å². The monoisotopic (exact) mass is 353 g/mol. The Morgan fingerprint density at radius 2 is 1.81 bits per heavy atom. The number of hydrogen-bond acceptors (Lipinski definition) is 3. The van der Waals surface area contributed by atoms with E-state index in [9.17, 15) is 5.11 Å². The maximum Gasteiger partial charge on any atom is 0.127 e. The van der Waals surface area contributed by atoms with Crippen LogP contribution in [0.4, 0.5) is 5.69 Å². The van der Waals surface area contributed by atoms with Crippen molar-refractivity contribution in [3.8, 4) is 5.75 Å². The molecule has 2 aromatic carbocycles. The highest BCUT2D eigenvalue weighted by atomic mass is 16.5. The molecular weight excluding hydrogens is 322 g/mol. The van der Waals surface area contributed by atoms with Gasteiger partial charge in [0.25, 0.3) is 0 Å². The fraction of sp³-hybridized carbons (Fsp3) is 0.478. The molecule has 3 rings (SSSR count). The zero-order chi connectivity index (χ0) is 18.9. The first-order valence-corrected chi connectivity index (χ1v) is 9.54. The van der Waals surface area contributed by atoms with Crippen LogP contribution >= 0.6 is 0 Å². The first-order chi connectivity index (χ1) is 12.3. The Morgan fingerprint density at radius 1 is 1.12 bits per heavy atom. The third-order valence-electron chi connectivity index (χ3n) is 5.37. The van der Waals surface area contributed by atoms with Gasteiger partial charge in [0, 0.05) is 37.9 Å². The maximum absolute atomic E-state index is 9.35. The van der Waals surface area contributed by atoms with E-state index in [0.717, 1.165) is 31.6 Å². The lowest BCUT2D eigenvalue weighted by Crippen LogP contribution is -2.25. The Kier molecular flexibility index (Phi) is 5.29. The molecule has 0 bridgehead atoms. The summed E-state index contributed by atoms with van der Waals surface area (Å²) in [6.07, 6.45) is 2.56. The smallest absolute Gasteiger partial charge is 0.127 e. The van der Waals surface area contributed by atoms with Gasteiger partial charge in [0.2, 0.25) is 0 Å². The molecule has 0 atom stereocenters. The van der Waals surface area contributed by atoms with Gasteiger partial charge in [-0.3, -0.25) is 0 Å². The predicted octanol–water partition coefficient (Wildman–Crippen LogP) is 4.58. The molecule has 1 aliphatic heterocycles. The van der Waals surface area contributed by atoms with Crippen molar-refractivity contribution in [2.45, 2.75) is 59.1 Å². The molecule has 0 saturated carbocycles. The molecular formula is C23H31NO2. The zero-order valence-electron chi connectivity index (χ0n) is 16.7. The standard InChI is InChI=1S/C23H31NO2/c1-16-19(12-9-13-25)22-20(14-23(3,4)26-22)17(2)21(16)24(5)15-18-10-7-6-8-11-18/h6-8,10-11,25H,9,12-15H2,1-5H3. The number of anilines is 1. The Balaban J connectivity index is 2.05. The molecule has 0 radical (unpaired) electrons. The zero-order valence-corrected chi connectivity index (χ0v) is 16.7. The summed E-state index contributed by atoms with van der Waals surface area (Å²) in [6.45, 7) is 9.83. The molecule has 3 heteroatoms. The lowest BCUT2D eigenvalue weighted by Gasteiger charge is -2.27. The molecule has 1 N–H and O–H groups in total. The highest BCUT2D eigenvalue weighted by molar-refractivity contribution is 5.70. The van der Waals surface area contributed by atoms with Crippen LogP contribution in [0.2, 0.25) is 0 Å². The number of ether oxygens (including phenoxy) is 1. The fourth-order valence-electron chi connectivity index (χ4n) is 4.23. The minimum atomic E-state index is -0.163. The second kappa shape index (κ2) is 7.32. The largest absolute Gasteiger partial charge is 0.487 e. The summed E-state index contributed by atoms with van der Waals surface area (Å²) in [7, 11) is 2.17. The van der Waals surface area contributed by atoms with Crippen LogP contribution in [0.5, 0.6) is 5.75 Å². The first kappa shape index (κ1) is 18.8. The van der Waals surface area contributed by atoms with Crippen molar-refractivity contribution in [1.29, 1.82) is 0 Å². The Labute approximate surface area is 157 Å². The van der Waals surface area contributed by atoms with Gasteiger partial charge in [0.15, 0.2) is 0 Å². The average molecular weight is 354 g/mol. The SMILES string of the molecule is Cc1c(CCCO)c2c(c(C)c1N(C)Cc1ccccc1)CC(C)(C)O2. The van der Waals surface area contributed by atoms with Crippen molar-refractivity contribution in [3.05, 3.63) is 58.1 Å². The van der Waals surface area contributed by atoms with Crippen LogP contribution in [0.1, 0.15) is 48.1 Å². The summed E-state index contributed by atoms with van der Waals surface area (Å²) >= 11 is 0. The molecule has 2 aromatic rings. The summed E-state index contributed by atoms with van der Waals surface area (Å²) in [4.78, 5) is 2.36. The molecule has 0 amide bonds. The van der Waals surface area contributed by atoms with E-state index < -0.39 is 0 Å². The van der Waals surface area contributed by atoms with Gasteiger partial charge in [0.05, 0.1) is 0 Å². The van der Waals surface area contributed by atoms with Crippen LogP contribution in [0.3, 0.4) is 0 Å². The third kappa shape index (κ3) is 3.59. The van der Waals surface area contributed by atoms with Crippen LogP contribution in [0, 0.1) is 13.8 Å². The number of benzene rings is 2. The molecule has 0 spiro atoms. The van der Waals surface area contributed by atoms with E-state index in [0.29, 0.717) is 0 Å². The number of nitrogens with zero attached hydrogens (tertiary/aromatic N) is 1. The fourth-order valence-corrected chi connectivity index (χ4v) is 4.23.